The van der Waals surface area contributed by atoms with Crippen LogP contribution in [0.2, 0.25) is 0 Å². The van der Waals surface area contributed by atoms with Crippen molar-refractivity contribution in [2.24, 2.45) is 5.73 Å². The van der Waals surface area contributed by atoms with E-state index in [9.17, 15) is 14.4 Å². The number of carbonyl (C=O) groups is 3. The van der Waals surface area contributed by atoms with Crippen LogP contribution in [0, 0.1) is 0 Å². The van der Waals surface area contributed by atoms with E-state index in [4.69, 9.17) is 10.5 Å². The van der Waals surface area contributed by atoms with Crippen LogP contribution in [0.5, 0.6) is 0 Å². The van der Waals surface area contributed by atoms with E-state index in [2.05, 4.69) is 10.2 Å². The maximum atomic E-state index is 12.7. The Kier molecular flexibility index (Phi) is 6.20. The third kappa shape index (κ3) is 4.52. The van der Waals surface area contributed by atoms with Crippen molar-refractivity contribution >= 4 is 17.7 Å². The molecule has 27 heavy (non-hydrogen) atoms. The van der Waals surface area contributed by atoms with Gasteiger partial charge in [-0.2, -0.15) is 0 Å². The number of nitrogens with two attached hydrogens (primary N) is 1. The number of imide groups is 1. The standard InChI is InChI=1S/C19H26N4O4/c1-22(7-9-27-8-6-20)11-13-2-3-15-14(10-13)12-23(19(15)26)16-4-5-17(24)21-18(16)25/h2-3,10,16H,4-9,11-12,20H2,1H3,(H,21,24,25). The Morgan fingerprint density at radius 3 is 2.85 bits per heavy atom. The second-order valence-electron chi connectivity index (χ2n) is 7.03. The second-order valence-corrected chi connectivity index (χ2v) is 7.03. The normalized spacial score (nSPS) is 19.6. The third-order valence-electron chi connectivity index (χ3n) is 4.92. The van der Waals surface area contributed by atoms with Crippen molar-refractivity contribution in [3.63, 3.8) is 0 Å². The summed E-state index contributed by atoms with van der Waals surface area (Å²) in [5, 5.41) is 2.32. The third-order valence-corrected chi connectivity index (χ3v) is 4.92. The molecule has 0 aromatic heterocycles. The minimum Gasteiger partial charge on any atom is -0.379 e. The van der Waals surface area contributed by atoms with E-state index in [0.29, 0.717) is 38.3 Å². The molecule has 8 nitrogen and oxygen atoms in total. The predicted molar refractivity (Wildman–Crippen MR) is 98.7 cm³/mol. The molecule has 3 N–H and O–H groups in total. The topological polar surface area (TPSA) is 105 Å². The molecule has 1 saturated heterocycles. The van der Waals surface area contributed by atoms with Crippen LogP contribution in [0.15, 0.2) is 18.2 Å². The van der Waals surface area contributed by atoms with Crippen molar-refractivity contribution < 1.29 is 19.1 Å². The van der Waals surface area contributed by atoms with Crippen molar-refractivity contribution in [1.82, 2.24) is 15.1 Å². The first-order valence-electron chi connectivity index (χ1n) is 9.22. The summed E-state index contributed by atoms with van der Waals surface area (Å²) in [7, 11) is 2.01. The molecular formula is C19H26N4O4. The monoisotopic (exact) mass is 374 g/mol. The summed E-state index contributed by atoms with van der Waals surface area (Å²) in [5.74, 6) is -0.805. The van der Waals surface area contributed by atoms with Crippen LogP contribution in [0.1, 0.15) is 34.3 Å². The Balaban J connectivity index is 1.62. The number of benzene rings is 1. The van der Waals surface area contributed by atoms with Crippen LogP contribution < -0.4 is 11.1 Å². The fourth-order valence-corrected chi connectivity index (χ4v) is 3.52. The summed E-state index contributed by atoms with van der Waals surface area (Å²) in [6.07, 6.45) is 0.640. The van der Waals surface area contributed by atoms with E-state index in [0.717, 1.165) is 24.2 Å². The average Bonchev–Trinajstić information content (AvgIpc) is 2.95. The highest BCUT2D eigenvalue weighted by atomic mass is 16.5. The predicted octanol–water partition coefficient (Wildman–Crippen LogP) is -0.145. The van der Waals surface area contributed by atoms with Crippen LogP contribution in [0.25, 0.3) is 0 Å². The number of hydrogen-bond acceptors (Lipinski definition) is 6. The lowest BCUT2D eigenvalue weighted by Crippen LogP contribution is -2.52. The molecule has 0 spiro atoms. The van der Waals surface area contributed by atoms with Gasteiger partial charge in [0.15, 0.2) is 0 Å². The summed E-state index contributed by atoms with van der Waals surface area (Å²) in [6, 6.07) is 5.23. The fourth-order valence-electron chi connectivity index (χ4n) is 3.52. The van der Waals surface area contributed by atoms with Crippen molar-refractivity contribution in [3.05, 3.63) is 34.9 Å². The molecule has 0 aliphatic carbocycles. The number of carbonyl (C=O) groups excluding carboxylic acids is 3. The number of hydrogen-bond donors (Lipinski definition) is 2. The maximum Gasteiger partial charge on any atom is 0.255 e. The number of rotatable bonds is 8. The molecule has 8 heteroatoms. The van der Waals surface area contributed by atoms with Gasteiger partial charge >= 0.3 is 0 Å². The van der Waals surface area contributed by atoms with Crippen LogP contribution >= 0.6 is 0 Å². The molecular weight excluding hydrogens is 348 g/mol. The van der Waals surface area contributed by atoms with Gasteiger partial charge in [-0.05, 0) is 30.7 Å². The summed E-state index contributed by atoms with van der Waals surface area (Å²) in [5.41, 5.74) is 8.07. The van der Waals surface area contributed by atoms with Gasteiger partial charge in [0.25, 0.3) is 5.91 Å². The second kappa shape index (κ2) is 8.60. The van der Waals surface area contributed by atoms with Crippen molar-refractivity contribution in [3.8, 4) is 0 Å². The van der Waals surface area contributed by atoms with E-state index in [1.807, 2.05) is 25.2 Å². The molecule has 1 atom stereocenters. The molecule has 0 bridgehead atoms. The molecule has 1 aromatic carbocycles. The SMILES string of the molecule is CN(CCOCCN)Cc1ccc2c(c1)CN(C1CCC(=O)NC1=O)C2=O. The van der Waals surface area contributed by atoms with Gasteiger partial charge in [-0.1, -0.05) is 12.1 Å². The van der Waals surface area contributed by atoms with Crippen LogP contribution in [0.3, 0.4) is 0 Å². The van der Waals surface area contributed by atoms with Gasteiger partial charge in [0.05, 0.1) is 13.2 Å². The zero-order valence-corrected chi connectivity index (χ0v) is 15.6. The van der Waals surface area contributed by atoms with E-state index >= 15 is 0 Å². The maximum absolute atomic E-state index is 12.7. The lowest BCUT2D eigenvalue weighted by atomic mass is 10.0. The highest BCUT2D eigenvalue weighted by Gasteiger charge is 2.39. The molecule has 0 radical (unpaired) electrons. The van der Waals surface area contributed by atoms with Crippen LogP contribution in [-0.4, -0.2) is 66.9 Å². The Hall–Kier alpha value is -2.29. The van der Waals surface area contributed by atoms with Gasteiger partial charge in [0, 0.05) is 38.2 Å². The van der Waals surface area contributed by atoms with Crippen LogP contribution in [-0.2, 0) is 27.4 Å². The molecule has 1 unspecified atom stereocenters. The van der Waals surface area contributed by atoms with Gasteiger partial charge in [-0.25, -0.2) is 0 Å². The molecule has 146 valence electrons. The summed E-state index contributed by atoms with van der Waals surface area (Å²) in [4.78, 5) is 39.8. The highest BCUT2D eigenvalue weighted by Crippen LogP contribution is 2.28. The van der Waals surface area contributed by atoms with Gasteiger partial charge in [-0.15, -0.1) is 0 Å². The average molecular weight is 374 g/mol. The number of amides is 3. The number of ether oxygens (including phenoxy) is 1. The highest BCUT2D eigenvalue weighted by molar-refractivity contribution is 6.05. The van der Waals surface area contributed by atoms with Crippen molar-refractivity contribution in [2.75, 3.05) is 33.4 Å². The van der Waals surface area contributed by atoms with Gasteiger partial charge in [-0.3, -0.25) is 24.6 Å². The minimum atomic E-state index is -0.576. The molecule has 1 fully saturated rings. The van der Waals surface area contributed by atoms with E-state index in [1.54, 1.807) is 4.90 Å². The Morgan fingerprint density at radius 1 is 1.30 bits per heavy atom. The van der Waals surface area contributed by atoms with E-state index < -0.39 is 6.04 Å². The molecule has 2 aliphatic rings. The number of nitrogens with one attached hydrogen (secondary N) is 1. The zero-order chi connectivity index (χ0) is 19.4. The van der Waals surface area contributed by atoms with E-state index in [-0.39, 0.29) is 24.1 Å². The molecule has 1 aromatic rings. The van der Waals surface area contributed by atoms with Gasteiger partial charge in [0.1, 0.15) is 6.04 Å². The molecule has 3 amide bonds. The van der Waals surface area contributed by atoms with Crippen LogP contribution in [0.4, 0.5) is 0 Å². The zero-order valence-electron chi connectivity index (χ0n) is 15.6. The van der Waals surface area contributed by atoms with E-state index in [1.165, 1.54) is 0 Å². The largest absolute Gasteiger partial charge is 0.379 e. The number of nitrogens with zero attached hydrogens (tertiary/aromatic N) is 2. The molecule has 0 saturated carbocycles. The first-order valence-corrected chi connectivity index (χ1v) is 9.22. The summed E-state index contributed by atoms with van der Waals surface area (Å²) >= 11 is 0. The first-order chi connectivity index (χ1) is 13.0. The molecule has 2 aliphatic heterocycles. The Labute approximate surface area is 158 Å². The fraction of sp³-hybridized carbons (Fsp3) is 0.526. The van der Waals surface area contributed by atoms with Crippen molar-refractivity contribution in [1.29, 1.82) is 0 Å². The summed E-state index contributed by atoms with van der Waals surface area (Å²) in [6.45, 7) is 3.64. The Morgan fingerprint density at radius 2 is 2.11 bits per heavy atom. The first kappa shape index (κ1) is 19.5. The number of piperidine rings is 1. The lowest BCUT2D eigenvalue weighted by Gasteiger charge is -2.29. The Bertz CT molecular complexity index is 736. The number of fused-ring (bicyclic) bond motifs is 1. The quantitative estimate of drug-likeness (QED) is 0.485. The lowest BCUT2D eigenvalue weighted by molar-refractivity contribution is -0.136. The molecule has 3 rings (SSSR count). The number of likely N-dealkylation sites (N-methyl/N-ethyl adjacent to an activating group) is 1. The molecule has 2 heterocycles. The van der Waals surface area contributed by atoms with Gasteiger partial charge in [0.2, 0.25) is 11.8 Å². The minimum absolute atomic E-state index is 0.144. The summed E-state index contributed by atoms with van der Waals surface area (Å²) < 4.78 is 5.40. The van der Waals surface area contributed by atoms with Crippen molar-refractivity contribution in [2.45, 2.75) is 32.0 Å². The van der Waals surface area contributed by atoms with Gasteiger partial charge < -0.3 is 15.4 Å². The smallest absolute Gasteiger partial charge is 0.255 e.